The lowest BCUT2D eigenvalue weighted by Gasteiger charge is -2.16. The molecule has 2 atom stereocenters. The van der Waals surface area contributed by atoms with Gasteiger partial charge in [0.1, 0.15) is 12.6 Å². The number of hydrogen-bond donors (Lipinski definition) is 6. The molecule has 1 saturated heterocycles. The molecule has 6 amide bonds. The first-order chi connectivity index (χ1) is 32.3. The molecule has 0 spiro atoms. The van der Waals surface area contributed by atoms with Gasteiger partial charge in [0.15, 0.2) is 0 Å². The molecule has 1 aliphatic heterocycles. The normalized spacial score (nSPS) is 14.1. The smallest absolute Gasteiger partial charge is 0.326 e. The fourth-order valence-corrected chi connectivity index (χ4v) is 7.40. The molecule has 67 heavy (non-hydrogen) atoms. The van der Waals surface area contributed by atoms with Crippen molar-refractivity contribution in [1.29, 1.82) is 0 Å². The Labute approximate surface area is 398 Å². The van der Waals surface area contributed by atoms with E-state index in [0.717, 1.165) is 44.9 Å². The van der Waals surface area contributed by atoms with E-state index in [1.165, 1.54) is 49.8 Å². The fourth-order valence-electron chi connectivity index (χ4n) is 7.40. The number of unbranched alkanes of at least 4 members (excludes halogenated alkanes) is 15. The first-order valence-electron chi connectivity index (χ1n) is 25.0. The van der Waals surface area contributed by atoms with Gasteiger partial charge in [-0.15, -0.1) is 0 Å². The van der Waals surface area contributed by atoms with Crippen molar-refractivity contribution in [3.8, 4) is 0 Å². The number of rotatable bonds is 46. The van der Waals surface area contributed by atoms with Gasteiger partial charge in [0.25, 0.3) is 0 Å². The van der Waals surface area contributed by atoms with Crippen LogP contribution in [0, 0.1) is 11.8 Å². The Hall–Kier alpha value is -4.20. The number of hydrogen-bond acceptors (Lipinski definition) is 12. The zero-order valence-electron chi connectivity index (χ0n) is 40.7. The predicted molar refractivity (Wildman–Crippen MR) is 251 cm³/mol. The van der Waals surface area contributed by atoms with E-state index >= 15 is 0 Å². The molecule has 0 aliphatic carbocycles. The van der Waals surface area contributed by atoms with Crippen LogP contribution < -0.4 is 21.3 Å². The van der Waals surface area contributed by atoms with Crippen LogP contribution in [0.3, 0.4) is 0 Å². The maximum atomic E-state index is 12.4. The van der Waals surface area contributed by atoms with E-state index in [9.17, 15) is 43.5 Å². The number of carboxylic acids is 2. The quantitative estimate of drug-likeness (QED) is 0.0358. The number of aliphatic carboxylic acids is 2. The second kappa shape index (κ2) is 40.8. The van der Waals surface area contributed by atoms with Crippen LogP contribution in [0.15, 0.2) is 0 Å². The molecular formula is C48H85N5O14. The first kappa shape index (κ1) is 60.8. The van der Waals surface area contributed by atoms with Crippen molar-refractivity contribution in [2.24, 2.45) is 11.8 Å². The molecule has 0 aromatic heterocycles. The van der Waals surface area contributed by atoms with Gasteiger partial charge in [0.2, 0.25) is 35.4 Å². The van der Waals surface area contributed by atoms with Gasteiger partial charge in [-0.25, -0.2) is 4.79 Å². The van der Waals surface area contributed by atoms with Crippen LogP contribution in [0.2, 0.25) is 0 Å². The third kappa shape index (κ3) is 34.7. The number of amides is 6. The van der Waals surface area contributed by atoms with E-state index in [-0.39, 0.29) is 139 Å². The molecule has 1 fully saturated rings. The molecule has 6 N–H and O–H groups in total. The van der Waals surface area contributed by atoms with Crippen molar-refractivity contribution in [3.63, 3.8) is 0 Å². The van der Waals surface area contributed by atoms with Gasteiger partial charge in [0.05, 0.1) is 46.2 Å². The highest BCUT2D eigenvalue weighted by molar-refractivity contribution is 6.03. The number of carbonyl (C=O) groups excluding carboxylic acids is 6. The lowest BCUT2D eigenvalue weighted by Crippen LogP contribution is -2.41. The average Bonchev–Trinajstić information content (AvgIpc) is 3.57. The van der Waals surface area contributed by atoms with Crippen LogP contribution in [0.4, 0.5) is 0 Å². The van der Waals surface area contributed by atoms with Gasteiger partial charge < -0.3 is 50.4 Å². The largest absolute Gasteiger partial charge is 0.481 e. The molecule has 1 rings (SSSR count). The lowest BCUT2D eigenvalue weighted by atomic mass is 9.94. The number of nitrogens with one attached hydrogen (secondary N) is 4. The Morgan fingerprint density at radius 3 is 1.42 bits per heavy atom. The van der Waals surface area contributed by atoms with Gasteiger partial charge in [0, 0.05) is 64.2 Å². The molecular weight excluding hydrogens is 871 g/mol. The molecule has 1 heterocycles. The summed E-state index contributed by atoms with van der Waals surface area (Å²) in [7, 11) is 0. The summed E-state index contributed by atoms with van der Waals surface area (Å²) in [5, 5.41) is 28.9. The zero-order chi connectivity index (χ0) is 49.3. The highest BCUT2D eigenvalue weighted by Gasteiger charge is 2.39. The summed E-state index contributed by atoms with van der Waals surface area (Å²) in [4.78, 5) is 96.6. The number of carboxylic acid groups (broad SMARTS) is 2. The molecule has 0 aromatic rings. The van der Waals surface area contributed by atoms with Crippen molar-refractivity contribution in [2.45, 2.75) is 168 Å². The Morgan fingerprint density at radius 2 is 0.955 bits per heavy atom. The highest BCUT2D eigenvalue weighted by Crippen LogP contribution is 2.26. The number of nitrogens with zero attached hydrogens (tertiary/aromatic N) is 1. The molecule has 2 unspecified atom stereocenters. The van der Waals surface area contributed by atoms with E-state index < -0.39 is 18.0 Å². The van der Waals surface area contributed by atoms with Crippen LogP contribution in [0.25, 0.3) is 0 Å². The standard InChI is InChI=1S/C48H85N5O14/c1-38(2)39-36-45(58)53(47(39)61)28-19-15-17-20-41(54)49-25-29-66-34-35-67-37-44(57)51-27-31-65-33-32-64-30-26-50-42(55)24-23-40(48(62)63)52-43(56)21-16-13-11-9-7-5-3-4-6-8-10-12-14-18-22-46(59)60/h38-40H,3-37H2,1-2H3,(H,49,54)(H,50,55)(H,51,57)(H,52,56)(H,59,60)(H,62,63). The summed E-state index contributed by atoms with van der Waals surface area (Å²) in [6.45, 7) is 6.87. The second-order valence-corrected chi connectivity index (χ2v) is 17.5. The number of ether oxygens (including phenoxy) is 4. The van der Waals surface area contributed by atoms with Crippen molar-refractivity contribution in [3.05, 3.63) is 0 Å². The lowest BCUT2D eigenvalue weighted by molar-refractivity contribution is -0.142. The molecule has 19 nitrogen and oxygen atoms in total. The minimum absolute atomic E-state index is 0.0195. The summed E-state index contributed by atoms with van der Waals surface area (Å²) in [6.07, 6.45) is 18.2. The van der Waals surface area contributed by atoms with Crippen LogP contribution in [0.5, 0.6) is 0 Å². The van der Waals surface area contributed by atoms with Crippen LogP contribution in [0.1, 0.15) is 162 Å². The third-order valence-corrected chi connectivity index (χ3v) is 11.4. The summed E-state index contributed by atoms with van der Waals surface area (Å²) < 4.78 is 21.6. The molecule has 1 aliphatic rings. The summed E-state index contributed by atoms with van der Waals surface area (Å²) in [5.74, 6) is -3.21. The average molecular weight is 956 g/mol. The minimum atomic E-state index is -1.18. The molecule has 0 aromatic carbocycles. The van der Waals surface area contributed by atoms with E-state index in [1.807, 2.05) is 13.8 Å². The van der Waals surface area contributed by atoms with Gasteiger partial charge >= 0.3 is 11.9 Å². The molecule has 19 heteroatoms. The number of likely N-dealkylation sites (tertiary alicyclic amines) is 1. The van der Waals surface area contributed by atoms with Crippen LogP contribution in [-0.4, -0.2) is 148 Å². The van der Waals surface area contributed by atoms with E-state index in [4.69, 9.17) is 24.1 Å². The Kier molecular flexibility index (Phi) is 37.1. The fraction of sp³-hybridized carbons (Fsp3) is 0.833. The molecule has 0 radical (unpaired) electrons. The molecule has 386 valence electrons. The Balaban J connectivity index is 1.88. The Morgan fingerprint density at radius 1 is 0.537 bits per heavy atom. The second-order valence-electron chi connectivity index (χ2n) is 17.5. The van der Waals surface area contributed by atoms with Crippen molar-refractivity contribution >= 4 is 47.4 Å². The van der Waals surface area contributed by atoms with Crippen molar-refractivity contribution < 1.29 is 67.5 Å². The topological polar surface area (TPSA) is 265 Å². The van der Waals surface area contributed by atoms with Crippen LogP contribution >= 0.6 is 0 Å². The van der Waals surface area contributed by atoms with Crippen molar-refractivity contribution in [2.75, 3.05) is 79.0 Å². The SMILES string of the molecule is CC(C)C1CC(=O)N(CCCCCC(=O)NCCOCCOCC(=O)NCCOCCOCCNC(=O)CCC(NC(=O)CCCCCCCCCCCCCCCCC(=O)O)C(=O)O)C1=O. The third-order valence-electron chi connectivity index (χ3n) is 11.4. The molecule has 0 saturated carbocycles. The first-order valence-corrected chi connectivity index (χ1v) is 25.0. The zero-order valence-corrected chi connectivity index (χ0v) is 40.7. The summed E-state index contributed by atoms with van der Waals surface area (Å²) in [5.41, 5.74) is 0. The maximum absolute atomic E-state index is 12.4. The number of imide groups is 1. The van der Waals surface area contributed by atoms with Gasteiger partial charge in [-0.2, -0.15) is 0 Å². The summed E-state index contributed by atoms with van der Waals surface area (Å²) in [6, 6.07) is -1.14. The van der Waals surface area contributed by atoms with Crippen molar-refractivity contribution in [1.82, 2.24) is 26.2 Å². The van der Waals surface area contributed by atoms with E-state index in [0.29, 0.717) is 45.4 Å². The number of carbonyl (C=O) groups is 8. The summed E-state index contributed by atoms with van der Waals surface area (Å²) >= 11 is 0. The van der Waals surface area contributed by atoms with Gasteiger partial charge in [-0.3, -0.25) is 38.5 Å². The van der Waals surface area contributed by atoms with Crippen LogP contribution in [-0.2, 0) is 57.3 Å². The Bertz CT molecular complexity index is 1420. The van der Waals surface area contributed by atoms with Gasteiger partial charge in [-0.05, 0) is 38.0 Å². The molecule has 0 bridgehead atoms. The van der Waals surface area contributed by atoms with Gasteiger partial charge in [-0.1, -0.05) is 97.3 Å². The maximum Gasteiger partial charge on any atom is 0.326 e. The minimum Gasteiger partial charge on any atom is -0.481 e. The monoisotopic (exact) mass is 956 g/mol. The van der Waals surface area contributed by atoms with E-state index in [1.54, 1.807) is 0 Å². The van der Waals surface area contributed by atoms with E-state index in [2.05, 4.69) is 21.3 Å². The highest BCUT2D eigenvalue weighted by atomic mass is 16.5. The predicted octanol–water partition coefficient (Wildman–Crippen LogP) is 4.67.